The van der Waals surface area contributed by atoms with Crippen LogP contribution in [0.25, 0.3) is 11.3 Å². The first-order valence-corrected chi connectivity index (χ1v) is 9.07. The van der Waals surface area contributed by atoms with E-state index in [0.29, 0.717) is 27.9 Å². The maximum atomic E-state index is 12.6. The van der Waals surface area contributed by atoms with Gasteiger partial charge in [0.25, 0.3) is 5.91 Å². The van der Waals surface area contributed by atoms with Gasteiger partial charge in [-0.15, -0.1) is 0 Å². The molecular formula is C22H21ClN2O2. The van der Waals surface area contributed by atoms with E-state index in [1.165, 1.54) is 5.56 Å². The van der Waals surface area contributed by atoms with Crippen molar-refractivity contribution in [2.24, 2.45) is 0 Å². The number of hydrogen-bond acceptors (Lipinski definition) is 3. The average molecular weight is 381 g/mol. The zero-order chi connectivity index (χ0) is 19.4. The first kappa shape index (κ1) is 18.9. The third-order valence-electron chi connectivity index (χ3n) is 4.31. The summed E-state index contributed by atoms with van der Waals surface area (Å²) in [4.78, 5) is 16.9. The average Bonchev–Trinajstić information content (AvgIpc) is 2.68. The first-order chi connectivity index (χ1) is 13.0. The third kappa shape index (κ3) is 4.29. The van der Waals surface area contributed by atoms with Gasteiger partial charge in [0.15, 0.2) is 0 Å². The highest BCUT2D eigenvalue weighted by Gasteiger charge is 2.14. The number of anilines is 1. The minimum absolute atomic E-state index is 0.204. The Bertz CT molecular complexity index is 953. The molecule has 0 fully saturated rings. The molecule has 1 N–H and O–H groups in total. The summed E-state index contributed by atoms with van der Waals surface area (Å²) in [5.41, 5.74) is 3.83. The Labute approximate surface area is 164 Å². The molecule has 0 aliphatic rings. The Hall–Kier alpha value is -2.85. The fourth-order valence-corrected chi connectivity index (χ4v) is 2.99. The van der Waals surface area contributed by atoms with Gasteiger partial charge in [0.2, 0.25) is 0 Å². The second-order valence-electron chi connectivity index (χ2n) is 6.48. The van der Waals surface area contributed by atoms with E-state index in [0.717, 1.165) is 11.3 Å². The Balaban J connectivity index is 1.84. The van der Waals surface area contributed by atoms with Crippen molar-refractivity contribution >= 4 is 23.2 Å². The molecule has 27 heavy (non-hydrogen) atoms. The smallest absolute Gasteiger partial charge is 0.255 e. The van der Waals surface area contributed by atoms with Crippen molar-refractivity contribution in [3.8, 4) is 17.0 Å². The molecular weight excluding hydrogens is 360 g/mol. The Morgan fingerprint density at radius 2 is 1.85 bits per heavy atom. The van der Waals surface area contributed by atoms with Crippen LogP contribution >= 0.6 is 11.6 Å². The van der Waals surface area contributed by atoms with Crippen LogP contribution in [0, 0.1) is 0 Å². The lowest BCUT2D eigenvalue weighted by atomic mass is 10.0. The molecule has 5 heteroatoms. The Kier molecular flexibility index (Phi) is 5.77. The van der Waals surface area contributed by atoms with E-state index >= 15 is 0 Å². The lowest BCUT2D eigenvalue weighted by molar-refractivity contribution is 0.102. The van der Waals surface area contributed by atoms with Crippen molar-refractivity contribution in [3.05, 3.63) is 76.9 Å². The van der Waals surface area contributed by atoms with Crippen LogP contribution in [0.3, 0.4) is 0 Å². The number of benzene rings is 2. The number of hydrogen-bond donors (Lipinski definition) is 1. The predicted octanol–water partition coefficient (Wildman–Crippen LogP) is 5.79. The minimum Gasteiger partial charge on any atom is -0.496 e. The lowest BCUT2D eigenvalue weighted by Crippen LogP contribution is -2.12. The number of carbonyl (C=O) groups excluding carboxylic acids is 1. The molecule has 1 heterocycles. The summed E-state index contributed by atoms with van der Waals surface area (Å²) < 4.78 is 5.46. The molecule has 0 saturated carbocycles. The van der Waals surface area contributed by atoms with Gasteiger partial charge in [0.05, 0.1) is 17.8 Å². The highest BCUT2D eigenvalue weighted by atomic mass is 35.5. The summed E-state index contributed by atoms with van der Waals surface area (Å²) in [6, 6.07) is 16.6. The molecule has 0 saturated heterocycles. The molecule has 0 aliphatic carbocycles. The van der Waals surface area contributed by atoms with Crippen molar-refractivity contribution in [3.63, 3.8) is 0 Å². The van der Waals surface area contributed by atoms with Crippen molar-refractivity contribution in [2.75, 3.05) is 12.4 Å². The maximum Gasteiger partial charge on any atom is 0.255 e. The third-order valence-corrected chi connectivity index (χ3v) is 4.62. The van der Waals surface area contributed by atoms with Crippen LogP contribution in [0.4, 0.5) is 5.69 Å². The molecule has 138 valence electrons. The topological polar surface area (TPSA) is 51.2 Å². The summed E-state index contributed by atoms with van der Waals surface area (Å²) in [5.74, 6) is 0.785. The number of carbonyl (C=O) groups is 1. The molecule has 0 aliphatic heterocycles. The van der Waals surface area contributed by atoms with Crippen LogP contribution in [0.15, 0.2) is 60.8 Å². The van der Waals surface area contributed by atoms with Crippen molar-refractivity contribution in [1.82, 2.24) is 4.98 Å². The molecule has 2 aromatic carbocycles. The van der Waals surface area contributed by atoms with E-state index in [2.05, 4.69) is 24.1 Å². The van der Waals surface area contributed by atoms with Crippen LogP contribution in [0.1, 0.15) is 35.7 Å². The van der Waals surface area contributed by atoms with Gasteiger partial charge < -0.3 is 10.1 Å². The fraction of sp³-hybridized carbons (Fsp3) is 0.182. The monoisotopic (exact) mass is 380 g/mol. The lowest BCUT2D eigenvalue weighted by Gasteiger charge is -2.12. The molecule has 1 amide bonds. The zero-order valence-corrected chi connectivity index (χ0v) is 16.2. The predicted molar refractivity (Wildman–Crippen MR) is 110 cm³/mol. The Morgan fingerprint density at radius 3 is 2.48 bits per heavy atom. The highest BCUT2D eigenvalue weighted by molar-refractivity contribution is 6.33. The number of methoxy groups -OCH3 is 1. The minimum atomic E-state index is -0.204. The fourth-order valence-electron chi connectivity index (χ4n) is 2.77. The first-order valence-electron chi connectivity index (χ1n) is 8.70. The van der Waals surface area contributed by atoms with Crippen LogP contribution in [-0.4, -0.2) is 18.0 Å². The quantitative estimate of drug-likeness (QED) is 0.609. The molecule has 1 aromatic heterocycles. The van der Waals surface area contributed by atoms with E-state index in [4.69, 9.17) is 16.3 Å². The normalized spacial score (nSPS) is 10.7. The standard InChI is InChI=1S/C22H21ClN2O2/c1-14(2)15-6-9-17(10-7-15)25-22(26)16-8-11-18(20(13-16)27-3)21-19(23)5-4-12-24-21/h4-14H,1-3H3,(H,25,26). The van der Waals surface area contributed by atoms with Crippen LogP contribution in [0.2, 0.25) is 5.02 Å². The van der Waals surface area contributed by atoms with Gasteiger partial charge in [-0.25, -0.2) is 0 Å². The van der Waals surface area contributed by atoms with E-state index in [9.17, 15) is 4.79 Å². The van der Waals surface area contributed by atoms with Crippen molar-refractivity contribution in [2.45, 2.75) is 19.8 Å². The summed E-state index contributed by atoms with van der Waals surface area (Å²) >= 11 is 6.23. The van der Waals surface area contributed by atoms with E-state index in [1.807, 2.05) is 24.3 Å². The van der Waals surface area contributed by atoms with E-state index < -0.39 is 0 Å². The van der Waals surface area contributed by atoms with Crippen LogP contribution in [0.5, 0.6) is 5.75 Å². The maximum absolute atomic E-state index is 12.6. The SMILES string of the molecule is COc1cc(C(=O)Nc2ccc(C(C)C)cc2)ccc1-c1ncccc1Cl. The summed E-state index contributed by atoms with van der Waals surface area (Å²) in [6.45, 7) is 4.27. The van der Waals surface area contributed by atoms with Gasteiger partial charge in [-0.2, -0.15) is 0 Å². The van der Waals surface area contributed by atoms with Gasteiger partial charge in [0.1, 0.15) is 5.75 Å². The largest absolute Gasteiger partial charge is 0.496 e. The van der Waals surface area contributed by atoms with Gasteiger partial charge >= 0.3 is 0 Å². The van der Waals surface area contributed by atoms with Gasteiger partial charge in [-0.3, -0.25) is 9.78 Å². The number of halogens is 1. The number of amides is 1. The number of pyridine rings is 1. The number of rotatable bonds is 5. The van der Waals surface area contributed by atoms with Gasteiger partial charge in [0, 0.05) is 23.0 Å². The van der Waals surface area contributed by atoms with E-state index in [1.54, 1.807) is 43.6 Å². The molecule has 4 nitrogen and oxygen atoms in total. The summed E-state index contributed by atoms with van der Waals surface area (Å²) in [7, 11) is 1.56. The molecule has 0 bridgehead atoms. The second kappa shape index (κ2) is 8.23. The zero-order valence-electron chi connectivity index (χ0n) is 15.5. The molecule has 0 radical (unpaired) electrons. The van der Waals surface area contributed by atoms with Crippen molar-refractivity contribution < 1.29 is 9.53 Å². The molecule has 0 atom stereocenters. The number of nitrogens with one attached hydrogen (secondary N) is 1. The number of aromatic nitrogens is 1. The van der Waals surface area contributed by atoms with Crippen LogP contribution < -0.4 is 10.1 Å². The van der Waals surface area contributed by atoms with Crippen LogP contribution in [-0.2, 0) is 0 Å². The number of ether oxygens (including phenoxy) is 1. The summed E-state index contributed by atoms with van der Waals surface area (Å²) in [6.07, 6.45) is 1.67. The van der Waals surface area contributed by atoms with Crippen molar-refractivity contribution in [1.29, 1.82) is 0 Å². The molecule has 0 unspecified atom stereocenters. The molecule has 0 spiro atoms. The second-order valence-corrected chi connectivity index (χ2v) is 6.89. The van der Waals surface area contributed by atoms with E-state index in [-0.39, 0.29) is 5.91 Å². The summed E-state index contributed by atoms with van der Waals surface area (Å²) in [5, 5.41) is 3.44. The van der Waals surface area contributed by atoms with Gasteiger partial charge in [-0.1, -0.05) is 37.6 Å². The highest BCUT2D eigenvalue weighted by Crippen LogP contribution is 2.33. The Morgan fingerprint density at radius 1 is 1.11 bits per heavy atom. The molecule has 3 rings (SSSR count). The molecule has 3 aromatic rings. The van der Waals surface area contributed by atoms with Gasteiger partial charge in [-0.05, 0) is 53.9 Å². The number of nitrogens with zero attached hydrogens (tertiary/aromatic N) is 1.